The summed E-state index contributed by atoms with van der Waals surface area (Å²) in [5, 5.41) is 11.8. The lowest BCUT2D eigenvalue weighted by molar-refractivity contribution is -0.131. The number of halogens is 1. The van der Waals surface area contributed by atoms with Crippen LogP contribution in [0.15, 0.2) is 36.4 Å². The molecule has 3 fully saturated rings. The molecule has 34 heavy (non-hydrogen) atoms. The fourth-order valence-corrected chi connectivity index (χ4v) is 4.86. The van der Waals surface area contributed by atoms with E-state index < -0.39 is 5.82 Å². The molecule has 182 valence electrons. The first-order valence-electron chi connectivity index (χ1n) is 11.4. The highest BCUT2D eigenvalue weighted by atomic mass is 19.1. The third kappa shape index (κ3) is 4.22. The summed E-state index contributed by atoms with van der Waals surface area (Å²) >= 11 is 0. The standard InChI is InChI=1S/C23H30FN7O3/c1-30-23(32)20-16(25-15-7-4-6-14(24)21(15)34-3)10-18(28-22(20)29-30)26-17-8-5-9-19(27-17)31-11-13(12-31)33-2/h4-9,13,16,18,20,22,25,28-29H,10-12H2,1-3H3,(H,26,27). The van der Waals surface area contributed by atoms with E-state index in [1.54, 1.807) is 26.3 Å². The maximum atomic E-state index is 14.3. The average molecular weight is 472 g/mol. The molecule has 3 saturated heterocycles. The Morgan fingerprint density at radius 1 is 1.15 bits per heavy atom. The maximum absolute atomic E-state index is 14.3. The lowest BCUT2D eigenvalue weighted by Crippen LogP contribution is -2.61. The van der Waals surface area contributed by atoms with Gasteiger partial charge in [-0.05, 0) is 24.3 Å². The molecule has 1 aromatic carbocycles. The molecule has 0 aliphatic carbocycles. The van der Waals surface area contributed by atoms with Gasteiger partial charge in [-0.1, -0.05) is 12.1 Å². The zero-order valence-corrected chi connectivity index (χ0v) is 19.4. The summed E-state index contributed by atoms with van der Waals surface area (Å²) in [6, 6.07) is 10.3. The molecule has 1 amide bonds. The Labute approximate surface area is 197 Å². The van der Waals surface area contributed by atoms with Crippen molar-refractivity contribution in [1.82, 2.24) is 20.7 Å². The van der Waals surface area contributed by atoms with Crippen LogP contribution in [0.3, 0.4) is 0 Å². The summed E-state index contributed by atoms with van der Waals surface area (Å²) in [4.78, 5) is 19.8. The number of hydrogen-bond acceptors (Lipinski definition) is 9. The zero-order chi connectivity index (χ0) is 23.8. The molecule has 0 radical (unpaired) electrons. The van der Waals surface area contributed by atoms with E-state index in [9.17, 15) is 9.18 Å². The van der Waals surface area contributed by atoms with Crippen LogP contribution in [-0.4, -0.2) is 74.7 Å². The Hall–Kier alpha value is -3.15. The van der Waals surface area contributed by atoms with E-state index in [2.05, 4.69) is 26.3 Å². The smallest absolute Gasteiger partial charge is 0.244 e. The highest BCUT2D eigenvalue weighted by Gasteiger charge is 2.48. The molecule has 3 aliphatic rings. The Kier molecular flexibility index (Phi) is 6.15. The molecule has 11 heteroatoms. The monoisotopic (exact) mass is 471 g/mol. The van der Waals surface area contributed by atoms with Gasteiger partial charge in [-0.2, -0.15) is 0 Å². The van der Waals surface area contributed by atoms with E-state index >= 15 is 0 Å². The molecule has 4 heterocycles. The number of aromatic nitrogens is 1. The van der Waals surface area contributed by atoms with Crippen molar-refractivity contribution in [1.29, 1.82) is 0 Å². The van der Waals surface area contributed by atoms with Gasteiger partial charge in [-0.15, -0.1) is 0 Å². The number of carbonyl (C=O) groups excluding carboxylic acids is 1. The first-order valence-corrected chi connectivity index (χ1v) is 11.4. The summed E-state index contributed by atoms with van der Waals surface area (Å²) in [7, 11) is 4.86. The van der Waals surface area contributed by atoms with Crippen LogP contribution < -0.4 is 31.0 Å². The fraction of sp³-hybridized carbons (Fsp3) is 0.478. The number of ether oxygens (including phenoxy) is 2. The van der Waals surface area contributed by atoms with Crippen LogP contribution in [0.1, 0.15) is 6.42 Å². The van der Waals surface area contributed by atoms with E-state index in [1.807, 2.05) is 18.2 Å². The molecule has 10 nitrogen and oxygen atoms in total. The van der Waals surface area contributed by atoms with E-state index in [0.717, 1.165) is 24.7 Å². The lowest BCUT2D eigenvalue weighted by Gasteiger charge is -2.40. The number of pyridine rings is 1. The molecular weight excluding hydrogens is 441 g/mol. The number of amides is 1. The van der Waals surface area contributed by atoms with Gasteiger partial charge in [0.25, 0.3) is 0 Å². The van der Waals surface area contributed by atoms with Crippen molar-refractivity contribution in [3.05, 3.63) is 42.2 Å². The van der Waals surface area contributed by atoms with Crippen molar-refractivity contribution >= 4 is 23.2 Å². The molecule has 4 atom stereocenters. The average Bonchev–Trinajstić information content (AvgIpc) is 3.07. The predicted octanol–water partition coefficient (Wildman–Crippen LogP) is 1.20. The van der Waals surface area contributed by atoms with Gasteiger partial charge in [-0.25, -0.2) is 14.8 Å². The minimum Gasteiger partial charge on any atom is -0.492 e. The Morgan fingerprint density at radius 3 is 2.71 bits per heavy atom. The van der Waals surface area contributed by atoms with Crippen LogP contribution in [-0.2, 0) is 9.53 Å². The topological polar surface area (TPSA) is 103 Å². The quantitative estimate of drug-likeness (QED) is 0.474. The fourth-order valence-electron chi connectivity index (χ4n) is 4.86. The third-order valence-electron chi connectivity index (χ3n) is 6.69. The van der Waals surface area contributed by atoms with E-state index in [4.69, 9.17) is 14.5 Å². The summed E-state index contributed by atoms with van der Waals surface area (Å²) in [6.45, 7) is 1.64. The number of piperidine rings is 1. The summed E-state index contributed by atoms with van der Waals surface area (Å²) in [6.07, 6.45) is 0.325. The summed E-state index contributed by atoms with van der Waals surface area (Å²) in [5.74, 6) is 0.890. The van der Waals surface area contributed by atoms with Gasteiger partial charge < -0.3 is 25.0 Å². The van der Waals surface area contributed by atoms with Gasteiger partial charge in [0.2, 0.25) is 5.91 Å². The number of benzene rings is 1. The minimum atomic E-state index is -0.455. The van der Waals surface area contributed by atoms with Crippen LogP contribution in [0.5, 0.6) is 5.75 Å². The summed E-state index contributed by atoms with van der Waals surface area (Å²) in [5.41, 5.74) is 3.69. The van der Waals surface area contributed by atoms with Crippen molar-refractivity contribution in [3.63, 3.8) is 0 Å². The Balaban J connectivity index is 1.34. The number of para-hydroxylation sites is 1. The number of rotatable bonds is 7. The first kappa shape index (κ1) is 22.6. The molecule has 0 saturated carbocycles. The van der Waals surface area contributed by atoms with Crippen molar-refractivity contribution in [3.8, 4) is 5.75 Å². The minimum absolute atomic E-state index is 0.0329. The van der Waals surface area contributed by atoms with Crippen molar-refractivity contribution in [2.45, 2.75) is 30.9 Å². The molecule has 0 spiro atoms. The van der Waals surface area contributed by atoms with Crippen LogP contribution in [0.2, 0.25) is 0 Å². The molecular formula is C23H30FN7O3. The predicted molar refractivity (Wildman–Crippen MR) is 126 cm³/mol. The van der Waals surface area contributed by atoms with Gasteiger partial charge in [0.1, 0.15) is 11.6 Å². The normalized spacial score (nSPS) is 26.8. The summed E-state index contributed by atoms with van der Waals surface area (Å²) < 4.78 is 24.9. The zero-order valence-electron chi connectivity index (χ0n) is 19.4. The second kappa shape index (κ2) is 9.24. The maximum Gasteiger partial charge on any atom is 0.244 e. The number of fused-ring (bicyclic) bond motifs is 1. The molecule has 5 rings (SSSR count). The van der Waals surface area contributed by atoms with Gasteiger partial charge in [0.15, 0.2) is 11.6 Å². The number of methoxy groups -OCH3 is 2. The number of nitrogens with zero attached hydrogens (tertiary/aromatic N) is 3. The Morgan fingerprint density at radius 2 is 1.94 bits per heavy atom. The highest BCUT2D eigenvalue weighted by molar-refractivity contribution is 5.82. The van der Waals surface area contributed by atoms with Gasteiger partial charge in [0, 0.05) is 39.7 Å². The van der Waals surface area contributed by atoms with Crippen molar-refractivity contribution in [2.75, 3.05) is 49.9 Å². The van der Waals surface area contributed by atoms with Crippen molar-refractivity contribution < 1.29 is 18.7 Å². The van der Waals surface area contributed by atoms with E-state index in [0.29, 0.717) is 12.1 Å². The highest BCUT2D eigenvalue weighted by Crippen LogP contribution is 2.33. The molecule has 4 unspecified atom stereocenters. The molecule has 2 aromatic rings. The largest absolute Gasteiger partial charge is 0.492 e. The molecule has 4 N–H and O–H groups in total. The second-order valence-corrected chi connectivity index (χ2v) is 8.84. The number of anilines is 3. The van der Waals surface area contributed by atoms with E-state index in [1.165, 1.54) is 18.2 Å². The lowest BCUT2D eigenvalue weighted by atomic mass is 9.88. The Bertz CT molecular complexity index is 1050. The number of hydrazine groups is 1. The van der Waals surface area contributed by atoms with E-state index in [-0.39, 0.29) is 42.1 Å². The molecule has 0 bridgehead atoms. The van der Waals surface area contributed by atoms with Gasteiger partial charge in [0.05, 0.1) is 37.2 Å². The van der Waals surface area contributed by atoms with Gasteiger partial charge in [-0.3, -0.25) is 15.1 Å². The van der Waals surface area contributed by atoms with Gasteiger partial charge >= 0.3 is 0 Å². The van der Waals surface area contributed by atoms with Crippen LogP contribution in [0.25, 0.3) is 0 Å². The third-order valence-corrected chi connectivity index (χ3v) is 6.69. The number of hydrogen-bond donors (Lipinski definition) is 4. The second-order valence-electron chi connectivity index (χ2n) is 8.84. The number of nitrogens with one attached hydrogen (secondary N) is 4. The first-order chi connectivity index (χ1) is 16.5. The van der Waals surface area contributed by atoms with Crippen LogP contribution >= 0.6 is 0 Å². The molecule has 3 aliphatic heterocycles. The van der Waals surface area contributed by atoms with Crippen LogP contribution in [0, 0.1) is 11.7 Å². The number of carbonyl (C=O) groups is 1. The SMILES string of the molecule is COc1c(F)cccc1NC1CC(Nc2cccc(N3CC(OC)C3)n2)NC2NN(C)C(=O)C12. The molecule has 1 aromatic heterocycles. The van der Waals surface area contributed by atoms with Crippen LogP contribution in [0.4, 0.5) is 21.7 Å². The van der Waals surface area contributed by atoms with Crippen molar-refractivity contribution in [2.24, 2.45) is 5.92 Å².